The molecular formula is C23H19F3N4O2. The molecule has 2 aromatic heterocycles. The van der Waals surface area contributed by atoms with E-state index in [0.717, 1.165) is 0 Å². The summed E-state index contributed by atoms with van der Waals surface area (Å²) in [4.78, 5) is 11.3. The minimum Gasteiger partial charge on any atom is -0.481 e. The predicted octanol–water partition coefficient (Wildman–Crippen LogP) is 5.40. The van der Waals surface area contributed by atoms with Crippen molar-refractivity contribution in [1.82, 2.24) is 14.8 Å². The average Bonchev–Trinajstić information content (AvgIpc) is 3.28. The van der Waals surface area contributed by atoms with Crippen molar-refractivity contribution >= 4 is 27.8 Å². The van der Waals surface area contributed by atoms with Gasteiger partial charge in [0.05, 0.1) is 28.9 Å². The molecule has 0 saturated carbocycles. The van der Waals surface area contributed by atoms with Crippen LogP contribution in [0.2, 0.25) is 0 Å². The maximum atomic E-state index is 15.5. The number of carbonyl (C=O) groups is 1. The van der Waals surface area contributed by atoms with E-state index in [1.165, 1.54) is 30.3 Å². The maximum absolute atomic E-state index is 15.5. The zero-order valence-corrected chi connectivity index (χ0v) is 17.3. The zero-order valence-electron chi connectivity index (χ0n) is 17.3. The van der Waals surface area contributed by atoms with Crippen LogP contribution >= 0.6 is 0 Å². The quantitative estimate of drug-likeness (QED) is 0.420. The number of nitriles is 1. The number of alkyl halides is 2. The van der Waals surface area contributed by atoms with Gasteiger partial charge in [0.15, 0.2) is 0 Å². The van der Waals surface area contributed by atoms with E-state index >= 15 is 8.78 Å². The average molecular weight is 440 g/mol. The van der Waals surface area contributed by atoms with Crippen molar-refractivity contribution in [2.45, 2.75) is 38.0 Å². The van der Waals surface area contributed by atoms with Crippen LogP contribution in [0.1, 0.15) is 37.9 Å². The van der Waals surface area contributed by atoms with Gasteiger partial charge in [0.1, 0.15) is 12.2 Å². The fraction of sp³-hybridized carbons (Fsp3) is 0.261. The van der Waals surface area contributed by atoms with Crippen molar-refractivity contribution in [3.05, 3.63) is 59.7 Å². The number of H-pyrrole nitrogens is 1. The van der Waals surface area contributed by atoms with Crippen molar-refractivity contribution < 1.29 is 23.1 Å². The first-order chi connectivity index (χ1) is 15.0. The van der Waals surface area contributed by atoms with Gasteiger partial charge in [-0.15, -0.1) is 0 Å². The summed E-state index contributed by atoms with van der Waals surface area (Å²) in [6.45, 7) is 3.30. The summed E-state index contributed by atoms with van der Waals surface area (Å²) in [7, 11) is 0. The molecule has 2 N–H and O–H groups in total. The first kappa shape index (κ1) is 21.4. The molecule has 0 spiro atoms. The Morgan fingerprint density at radius 2 is 1.94 bits per heavy atom. The molecule has 9 heteroatoms. The number of nitrogens with one attached hydrogen (secondary N) is 1. The van der Waals surface area contributed by atoms with Crippen LogP contribution in [0, 0.1) is 17.1 Å². The van der Waals surface area contributed by atoms with Gasteiger partial charge in [0.25, 0.3) is 5.92 Å². The summed E-state index contributed by atoms with van der Waals surface area (Å²) in [5, 5.41) is 26.1. The molecule has 6 nitrogen and oxygen atoms in total. The number of aliphatic carboxylic acids is 1. The first-order valence-corrected chi connectivity index (χ1v) is 9.80. The molecule has 0 aliphatic heterocycles. The second-order valence-electron chi connectivity index (χ2n) is 8.36. The van der Waals surface area contributed by atoms with Crippen LogP contribution in [0.5, 0.6) is 0 Å². The third-order valence-electron chi connectivity index (χ3n) is 5.51. The largest absolute Gasteiger partial charge is 0.481 e. The third kappa shape index (κ3) is 3.47. The zero-order chi connectivity index (χ0) is 23.3. The van der Waals surface area contributed by atoms with Crippen LogP contribution in [-0.4, -0.2) is 25.8 Å². The Balaban J connectivity index is 2.22. The Hall–Kier alpha value is -3.80. The summed E-state index contributed by atoms with van der Waals surface area (Å²) in [5.74, 6) is -5.87. The van der Waals surface area contributed by atoms with E-state index in [9.17, 15) is 19.6 Å². The lowest BCUT2D eigenvalue weighted by Gasteiger charge is -2.28. The molecule has 32 heavy (non-hydrogen) atoms. The predicted molar refractivity (Wildman–Crippen MR) is 112 cm³/mol. The highest BCUT2D eigenvalue weighted by Crippen LogP contribution is 2.47. The molecular weight excluding hydrogens is 421 g/mol. The topological polar surface area (TPSA) is 94.7 Å². The highest BCUT2D eigenvalue weighted by molar-refractivity contribution is 5.99. The lowest BCUT2D eigenvalue weighted by molar-refractivity contribution is -0.145. The second kappa shape index (κ2) is 7.41. The number of carboxylic acid groups (broad SMARTS) is 1. The second-order valence-corrected chi connectivity index (χ2v) is 8.36. The van der Waals surface area contributed by atoms with E-state index in [-0.39, 0.29) is 17.5 Å². The number of hydrogen-bond donors (Lipinski definition) is 2. The monoisotopic (exact) mass is 440 g/mol. The van der Waals surface area contributed by atoms with Crippen molar-refractivity contribution in [2.75, 3.05) is 0 Å². The molecule has 0 amide bonds. The molecule has 0 fully saturated rings. The third-order valence-corrected chi connectivity index (χ3v) is 5.51. The van der Waals surface area contributed by atoms with Crippen molar-refractivity contribution in [2.24, 2.45) is 0 Å². The minimum absolute atomic E-state index is 0.0971. The summed E-state index contributed by atoms with van der Waals surface area (Å²) in [6.07, 6.45) is 0.0399. The number of hydrogen-bond acceptors (Lipinski definition) is 3. The smallest absolute Gasteiger partial charge is 0.309 e. The van der Waals surface area contributed by atoms with Gasteiger partial charge in [0, 0.05) is 34.0 Å². The van der Waals surface area contributed by atoms with Crippen LogP contribution in [-0.2, 0) is 16.1 Å². The number of benzene rings is 2. The van der Waals surface area contributed by atoms with E-state index in [1.54, 1.807) is 30.7 Å². The maximum Gasteiger partial charge on any atom is 0.309 e. The van der Waals surface area contributed by atoms with Gasteiger partial charge in [0.2, 0.25) is 0 Å². The molecule has 0 saturated heterocycles. The van der Waals surface area contributed by atoms with Crippen LogP contribution in [0.3, 0.4) is 0 Å². The Labute approximate surface area is 180 Å². The van der Waals surface area contributed by atoms with E-state index < -0.39 is 35.1 Å². The molecule has 4 aromatic rings. The number of halogens is 3. The molecule has 2 heterocycles. The highest BCUT2D eigenvalue weighted by atomic mass is 19.3. The summed E-state index contributed by atoms with van der Waals surface area (Å²) >= 11 is 0. The van der Waals surface area contributed by atoms with Crippen LogP contribution in [0.25, 0.3) is 27.5 Å². The Morgan fingerprint density at radius 1 is 1.25 bits per heavy atom. The SMILES string of the molecule is CC(C)(CC#N)c1c(C(F)(F)CC(=O)O)c2cc3[nH]ncc3cc2n1-c1ccc(F)cc1. The Kier molecular flexibility index (Phi) is 4.96. The molecule has 164 valence electrons. The van der Waals surface area contributed by atoms with Crippen molar-refractivity contribution in [1.29, 1.82) is 5.26 Å². The van der Waals surface area contributed by atoms with Crippen molar-refractivity contribution in [3.8, 4) is 11.8 Å². The number of nitrogens with zero attached hydrogens (tertiary/aromatic N) is 3. The molecule has 0 unspecified atom stereocenters. The number of fused-ring (bicyclic) bond motifs is 2. The summed E-state index contributed by atoms with van der Waals surface area (Å²) in [6, 6.07) is 10.6. The van der Waals surface area contributed by atoms with Gasteiger partial charge in [-0.2, -0.15) is 10.4 Å². The van der Waals surface area contributed by atoms with Gasteiger partial charge in [-0.3, -0.25) is 9.89 Å². The number of aromatic nitrogens is 3. The van der Waals surface area contributed by atoms with Crippen LogP contribution in [0.4, 0.5) is 13.2 Å². The fourth-order valence-corrected chi connectivity index (χ4v) is 4.15. The van der Waals surface area contributed by atoms with Gasteiger partial charge >= 0.3 is 5.97 Å². The summed E-state index contributed by atoms with van der Waals surface area (Å²) in [5.41, 5.74) is -0.135. The molecule has 0 radical (unpaired) electrons. The molecule has 4 rings (SSSR count). The summed E-state index contributed by atoms with van der Waals surface area (Å²) < 4.78 is 46.2. The molecule has 0 bridgehead atoms. The molecule has 0 atom stereocenters. The van der Waals surface area contributed by atoms with Gasteiger partial charge in [-0.05, 0) is 36.4 Å². The standard InChI is InChI=1S/C23H19F3N4O2/c1-22(2,7-8-27)21-20(23(25,26)11-19(31)32)16-10-17-13(12-28-29-17)9-18(16)30(21)15-5-3-14(24)4-6-15/h3-6,9-10,12H,7,11H2,1-2H3,(H,28,29)(H,31,32). The molecule has 0 aliphatic rings. The fourth-order valence-electron chi connectivity index (χ4n) is 4.15. The lowest BCUT2D eigenvalue weighted by atomic mass is 9.81. The van der Waals surface area contributed by atoms with E-state index in [1.807, 2.05) is 6.07 Å². The minimum atomic E-state index is -3.73. The number of carboxylic acids is 1. The van der Waals surface area contributed by atoms with E-state index in [0.29, 0.717) is 22.1 Å². The normalized spacial score (nSPS) is 12.4. The first-order valence-electron chi connectivity index (χ1n) is 9.80. The number of aromatic amines is 1. The highest BCUT2D eigenvalue weighted by Gasteiger charge is 2.44. The Bertz CT molecular complexity index is 1380. The number of rotatable bonds is 6. The van der Waals surface area contributed by atoms with Gasteiger partial charge in [-0.1, -0.05) is 13.8 Å². The molecule has 2 aromatic carbocycles. The Morgan fingerprint density at radius 3 is 2.56 bits per heavy atom. The van der Waals surface area contributed by atoms with Gasteiger partial charge in [-0.25, -0.2) is 13.2 Å². The van der Waals surface area contributed by atoms with Gasteiger partial charge < -0.3 is 9.67 Å². The van der Waals surface area contributed by atoms with E-state index in [2.05, 4.69) is 10.2 Å². The lowest BCUT2D eigenvalue weighted by Crippen LogP contribution is -2.28. The van der Waals surface area contributed by atoms with Crippen LogP contribution < -0.4 is 0 Å². The molecule has 0 aliphatic carbocycles. The van der Waals surface area contributed by atoms with Crippen LogP contribution in [0.15, 0.2) is 42.6 Å². The van der Waals surface area contributed by atoms with E-state index in [4.69, 9.17) is 0 Å². The van der Waals surface area contributed by atoms with Crippen molar-refractivity contribution in [3.63, 3.8) is 0 Å².